The predicted molar refractivity (Wildman–Crippen MR) is 98.6 cm³/mol. The SMILES string of the molecule is COc1ccc2cc([C@H](C)C(=O)OCCOCCOCCO)ccc2c1. The number of carbonyl (C=O) groups is 1. The monoisotopic (exact) mass is 362 g/mol. The summed E-state index contributed by atoms with van der Waals surface area (Å²) in [6.45, 7) is 3.46. The number of methoxy groups -OCH3 is 1. The normalized spacial score (nSPS) is 12.1. The second-order valence-corrected chi connectivity index (χ2v) is 5.81. The Labute approximate surface area is 153 Å². The van der Waals surface area contributed by atoms with Gasteiger partial charge in [0.25, 0.3) is 0 Å². The summed E-state index contributed by atoms with van der Waals surface area (Å²) in [5.74, 6) is 0.173. The Morgan fingerprint density at radius 2 is 1.62 bits per heavy atom. The van der Waals surface area contributed by atoms with Crippen LogP contribution in [0.25, 0.3) is 10.8 Å². The summed E-state index contributed by atoms with van der Waals surface area (Å²) >= 11 is 0. The molecule has 6 heteroatoms. The third kappa shape index (κ3) is 5.98. The molecule has 0 spiro atoms. The van der Waals surface area contributed by atoms with E-state index in [9.17, 15) is 4.79 Å². The minimum Gasteiger partial charge on any atom is -0.497 e. The van der Waals surface area contributed by atoms with Crippen molar-refractivity contribution in [1.29, 1.82) is 0 Å². The molecule has 0 radical (unpaired) electrons. The third-order valence-electron chi connectivity index (χ3n) is 4.00. The zero-order chi connectivity index (χ0) is 18.8. The van der Waals surface area contributed by atoms with Crippen LogP contribution >= 0.6 is 0 Å². The van der Waals surface area contributed by atoms with Gasteiger partial charge in [-0.3, -0.25) is 4.79 Å². The van der Waals surface area contributed by atoms with E-state index >= 15 is 0 Å². The Morgan fingerprint density at radius 3 is 2.35 bits per heavy atom. The van der Waals surface area contributed by atoms with Crippen molar-refractivity contribution < 1.29 is 28.8 Å². The molecule has 0 fully saturated rings. The average molecular weight is 362 g/mol. The number of benzene rings is 2. The number of ether oxygens (including phenoxy) is 4. The molecule has 0 aromatic heterocycles. The first-order valence-electron chi connectivity index (χ1n) is 8.66. The van der Waals surface area contributed by atoms with Crippen molar-refractivity contribution in [1.82, 2.24) is 0 Å². The maximum absolute atomic E-state index is 12.2. The Bertz CT molecular complexity index is 700. The van der Waals surface area contributed by atoms with Crippen LogP contribution in [0.4, 0.5) is 0 Å². The summed E-state index contributed by atoms with van der Waals surface area (Å²) in [5.41, 5.74) is 0.908. The summed E-state index contributed by atoms with van der Waals surface area (Å²) < 4.78 is 20.9. The van der Waals surface area contributed by atoms with Gasteiger partial charge in [-0.1, -0.05) is 24.3 Å². The van der Waals surface area contributed by atoms with Crippen LogP contribution < -0.4 is 4.74 Å². The van der Waals surface area contributed by atoms with Crippen molar-refractivity contribution in [3.63, 3.8) is 0 Å². The fourth-order valence-corrected chi connectivity index (χ4v) is 2.49. The maximum Gasteiger partial charge on any atom is 0.313 e. The first-order chi connectivity index (χ1) is 12.7. The molecular formula is C20H26O6. The first-order valence-corrected chi connectivity index (χ1v) is 8.66. The van der Waals surface area contributed by atoms with Gasteiger partial charge < -0.3 is 24.1 Å². The second kappa shape index (κ2) is 10.8. The summed E-state index contributed by atoms with van der Waals surface area (Å²) in [6, 6.07) is 11.7. The van der Waals surface area contributed by atoms with E-state index in [0.717, 1.165) is 22.1 Å². The van der Waals surface area contributed by atoms with Crippen molar-refractivity contribution in [2.75, 3.05) is 46.8 Å². The third-order valence-corrected chi connectivity index (χ3v) is 4.00. The largest absolute Gasteiger partial charge is 0.497 e. The van der Waals surface area contributed by atoms with Gasteiger partial charge >= 0.3 is 5.97 Å². The highest BCUT2D eigenvalue weighted by Gasteiger charge is 2.17. The molecule has 0 amide bonds. The first kappa shape index (κ1) is 20.2. The standard InChI is InChI=1S/C20H26O6/c1-15(20(22)26-12-11-25-10-9-24-8-7-21)16-3-4-18-14-19(23-2)6-5-17(18)13-16/h3-6,13-15,21H,7-12H2,1-2H3/t15-/m0/s1. The number of hydrogen-bond acceptors (Lipinski definition) is 6. The molecule has 0 bridgehead atoms. The fraction of sp³-hybridized carbons (Fsp3) is 0.450. The molecule has 0 aliphatic heterocycles. The highest BCUT2D eigenvalue weighted by molar-refractivity contribution is 5.86. The minimum atomic E-state index is -0.352. The van der Waals surface area contributed by atoms with Gasteiger partial charge in [0.05, 0.1) is 46.1 Å². The van der Waals surface area contributed by atoms with Crippen LogP contribution in [0.2, 0.25) is 0 Å². The van der Waals surface area contributed by atoms with Crippen LogP contribution in [0.3, 0.4) is 0 Å². The fourth-order valence-electron chi connectivity index (χ4n) is 2.49. The summed E-state index contributed by atoms with van der Waals surface area (Å²) in [6.07, 6.45) is 0. The Balaban J connectivity index is 1.79. The number of fused-ring (bicyclic) bond motifs is 1. The zero-order valence-electron chi connectivity index (χ0n) is 15.3. The summed E-state index contributed by atoms with van der Waals surface area (Å²) in [5, 5.41) is 10.7. The Morgan fingerprint density at radius 1 is 0.962 bits per heavy atom. The molecule has 26 heavy (non-hydrogen) atoms. The number of hydrogen-bond donors (Lipinski definition) is 1. The molecule has 0 unspecified atom stereocenters. The lowest BCUT2D eigenvalue weighted by Gasteiger charge is -2.13. The smallest absolute Gasteiger partial charge is 0.313 e. The number of rotatable bonds is 11. The quantitative estimate of drug-likeness (QED) is 0.489. The van der Waals surface area contributed by atoms with Crippen LogP contribution in [0.15, 0.2) is 36.4 Å². The van der Waals surface area contributed by atoms with Crippen molar-refractivity contribution in [2.24, 2.45) is 0 Å². The molecule has 0 aliphatic carbocycles. The maximum atomic E-state index is 12.2. The lowest BCUT2D eigenvalue weighted by molar-refractivity contribution is -0.146. The van der Waals surface area contributed by atoms with E-state index in [1.807, 2.05) is 43.3 Å². The second-order valence-electron chi connectivity index (χ2n) is 5.81. The van der Waals surface area contributed by atoms with Crippen LogP contribution in [0.1, 0.15) is 18.4 Å². The van der Waals surface area contributed by atoms with Gasteiger partial charge in [0.15, 0.2) is 0 Å². The number of aliphatic hydroxyl groups is 1. The summed E-state index contributed by atoms with van der Waals surface area (Å²) in [7, 11) is 1.64. The van der Waals surface area contributed by atoms with Crippen molar-refractivity contribution in [2.45, 2.75) is 12.8 Å². The van der Waals surface area contributed by atoms with Gasteiger partial charge in [0.2, 0.25) is 0 Å². The van der Waals surface area contributed by atoms with E-state index in [-0.39, 0.29) is 25.1 Å². The topological polar surface area (TPSA) is 74.2 Å². The zero-order valence-corrected chi connectivity index (χ0v) is 15.3. The molecule has 0 saturated heterocycles. The molecule has 0 aliphatic rings. The van der Waals surface area contributed by atoms with Crippen molar-refractivity contribution in [3.05, 3.63) is 42.0 Å². The predicted octanol–water partition coefficient (Wildman–Crippen LogP) is 2.52. The van der Waals surface area contributed by atoms with E-state index < -0.39 is 0 Å². The molecule has 1 N–H and O–H groups in total. The molecule has 1 atom stereocenters. The number of carbonyl (C=O) groups excluding carboxylic acids is 1. The minimum absolute atomic E-state index is 0.00216. The van der Waals surface area contributed by atoms with E-state index in [1.165, 1.54) is 0 Å². The van der Waals surface area contributed by atoms with E-state index in [2.05, 4.69) is 0 Å². The van der Waals surface area contributed by atoms with Crippen LogP contribution in [-0.4, -0.2) is 57.8 Å². The number of aliphatic hydroxyl groups excluding tert-OH is 1. The van der Waals surface area contributed by atoms with Crippen molar-refractivity contribution >= 4 is 16.7 Å². The van der Waals surface area contributed by atoms with Gasteiger partial charge in [0.1, 0.15) is 12.4 Å². The molecule has 2 rings (SSSR count). The Kier molecular flexibility index (Phi) is 8.34. The van der Waals surface area contributed by atoms with Crippen LogP contribution in [-0.2, 0) is 19.0 Å². The molecule has 6 nitrogen and oxygen atoms in total. The van der Waals surface area contributed by atoms with Gasteiger partial charge in [-0.15, -0.1) is 0 Å². The Hall–Kier alpha value is -2.15. The molecule has 0 heterocycles. The molecule has 2 aromatic rings. The highest BCUT2D eigenvalue weighted by Crippen LogP contribution is 2.25. The van der Waals surface area contributed by atoms with Crippen LogP contribution in [0, 0.1) is 0 Å². The molecule has 142 valence electrons. The number of esters is 1. The van der Waals surface area contributed by atoms with Gasteiger partial charge in [-0.2, -0.15) is 0 Å². The van der Waals surface area contributed by atoms with E-state index in [4.69, 9.17) is 24.1 Å². The van der Waals surface area contributed by atoms with Crippen LogP contribution in [0.5, 0.6) is 5.75 Å². The average Bonchev–Trinajstić information content (AvgIpc) is 2.68. The van der Waals surface area contributed by atoms with E-state index in [1.54, 1.807) is 7.11 Å². The van der Waals surface area contributed by atoms with Gasteiger partial charge in [-0.25, -0.2) is 0 Å². The molecule has 0 saturated carbocycles. The van der Waals surface area contributed by atoms with E-state index in [0.29, 0.717) is 26.4 Å². The highest BCUT2D eigenvalue weighted by atomic mass is 16.6. The molecule has 2 aromatic carbocycles. The lowest BCUT2D eigenvalue weighted by Crippen LogP contribution is -2.17. The van der Waals surface area contributed by atoms with Gasteiger partial charge in [-0.05, 0) is 35.4 Å². The summed E-state index contributed by atoms with van der Waals surface area (Å²) in [4.78, 5) is 12.2. The lowest BCUT2D eigenvalue weighted by atomic mass is 9.98. The van der Waals surface area contributed by atoms with Gasteiger partial charge in [0, 0.05) is 0 Å². The molecular weight excluding hydrogens is 336 g/mol. The van der Waals surface area contributed by atoms with Crippen molar-refractivity contribution in [3.8, 4) is 5.75 Å².